The molecule has 0 spiro atoms. The highest BCUT2D eigenvalue weighted by atomic mass is 35.5. The topological polar surface area (TPSA) is 43.4 Å². The molecule has 0 aliphatic carbocycles. The van der Waals surface area contributed by atoms with E-state index in [0.717, 1.165) is 44.3 Å². The fourth-order valence-corrected chi connectivity index (χ4v) is 4.77. The quantitative estimate of drug-likeness (QED) is 0.490. The summed E-state index contributed by atoms with van der Waals surface area (Å²) in [6.45, 7) is 8.09. The lowest BCUT2D eigenvalue weighted by Crippen LogP contribution is -2.50. The molecule has 0 N–H and O–H groups in total. The molecule has 2 aliphatic heterocycles. The minimum atomic E-state index is -0.545. The van der Waals surface area contributed by atoms with Crippen molar-refractivity contribution >= 4 is 11.6 Å². The molecule has 7 heteroatoms. The number of piperidine rings is 1. The minimum absolute atomic E-state index is 0.393. The Hall–Kier alpha value is -1.83. The Morgan fingerprint density at radius 1 is 0.941 bits per heavy atom. The summed E-state index contributed by atoms with van der Waals surface area (Å²) in [5, 5.41) is 0.654. The summed E-state index contributed by atoms with van der Waals surface area (Å²) < 4.78 is 23.9. The number of benzene rings is 2. The maximum atomic E-state index is 6.09. The summed E-state index contributed by atoms with van der Waals surface area (Å²) in [5.74, 6) is 1.66. The number of halogens is 1. The molecule has 0 bridgehead atoms. The van der Waals surface area contributed by atoms with Crippen molar-refractivity contribution in [2.75, 3.05) is 66.3 Å². The van der Waals surface area contributed by atoms with Gasteiger partial charge < -0.3 is 18.9 Å². The van der Waals surface area contributed by atoms with Crippen LogP contribution >= 0.6 is 11.6 Å². The fraction of sp³-hybridized carbons (Fsp3) is 0.556. The fourth-order valence-electron chi connectivity index (χ4n) is 4.59. The first-order chi connectivity index (χ1) is 16.6. The van der Waals surface area contributed by atoms with E-state index in [9.17, 15) is 0 Å². The Kier molecular flexibility index (Phi) is 9.48. The molecular formula is C27H37ClN2O4. The van der Waals surface area contributed by atoms with Gasteiger partial charge in [0.15, 0.2) is 0 Å². The summed E-state index contributed by atoms with van der Waals surface area (Å²) in [7, 11) is 1.73. The van der Waals surface area contributed by atoms with Gasteiger partial charge in [0.25, 0.3) is 0 Å². The largest absolute Gasteiger partial charge is 0.492 e. The van der Waals surface area contributed by atoms with Gasteiger partial charge in [-0.15, -0.1) is 0 Å². The molecule has 2 aliphatic rings. The van der Waals surface area contributed by atoms with Crippen LogP contribution in [0, 0.1) is 0 Å². The zero-order valence-electron chi connectivity index (χ0n) is 20.2. The lowest BCUT2D eigenvalue weighted by molar-refractivity contribution is -0.0925. The third-order valence-electron chi connectivity index (χ3n) is 6.61. The molecule has 1 unspecified atom stereocenters. The molecule has 4 rings (SSSR count). The minimum Gasteiger partial charge on any atom is -0.492 e. The van der Waals surface area contributed by atoms with Crippen molar-refractivity contribution in [3.05, 3.63) is 59.1 Å². The highest BCUT2D eigenvalue weighted by Crippen LogP contribution is 2.23. The Morgan fingerprint density at radius 2 is 1.76 bits per heavy atom. The Labute approximate surface area is 208 Å². The van der Waals surface area contributed by atoms with Crippen LogP contribution in [-0.4, -0.2) is 81.7 Å². The third kappa shape index (κ3) is 7.59. The van der Waals surface area contributed by atoms with Crippen molar-refractivity contribution < 1.29 is 18.9 Å². The van der Waals surface area contributed by atoms with Gasteiger partial charge in [-0.3, -0.25) is 9.80 Å². The summed E-state index contributed by atoms with van der Waals surface area (Å²) >= 11 is 6.09. The van der Waals surface area contributed by atoms with Crippen LogP contribution in [0.4, 0.5) is 0 Å². The standard InChI is InChI=1S/C27H37ClN2O4/c1-31-27(22-34-26-7-5-6-24(28)18-26)20-30(14-16-32-21-27)19-23-8-10-25(11-9-23)33-17-15-29-12-3-2-4-13-29/h5-11,18H,2-4,12-17,19-22H2,1H3. The van der Waals surface area contributed by atoms with Crippen LogP contribution in [0.5, 0.6) is 11.5 Å². The monoisotopic (exact) mass is 488 g/mol. The van der Waals surface area contributed by atoms with Crippen LogP contribution in [0.1, 0.15) is 24.8 Å². The Morgan fingerprint density at radius 3 is 2.53 bits per heavy atom. The van der Waals surface area contributed by atoms with Crippen LogP contribution in [0.15, 0.2) is 48.5 Å². The number of likely N-dealkylation sites (tertiary alicyclic amines) is 1. The lowest BCUT2D eigenvalue weighted by atomic mass is 10.1. The van der Waals surface area contributed by atoms with Gasteiger partial charge in [0.2, 0.25) is 0 Å². The maximum Gasteiger partial charge on any atom is 0.137 e. The second-order valence-electron chi connectivity index (χ2n) is 9.29. The molecule has 6 nitrogen and oxygen atoms in total. The van der Waals surface area contributed by atoms with Crippen LogP contribution < -0.4 is 9.47 Å². The van der Waals surface area contributed by atoms with Crippen molar-refractivity contribution in [2.45, 2.75) is 31.4 Å². The summed E-state index contributed by atoms with van der Waals surface area (Å²) in [6, 6.07) is 15.9. The molecule has 2 heterocycles. The predicted octanol–water partition coefficient (Wildman–Crippen LogP) is 4.50. The van der Waals surface area contributed by atoms with Crippen LogP contribution in [0.3, 0.4) is 0 Å². The van der Waals surface area contributed by atoms with Crippen LogP contribution in [-0.2, 0) is 16.0 Å². The second-order valence-corrected chi connectivity index (χ2v) is 9.73. The molecule has 186 valence electrons. The SMILES string of the molecule is COC1(COc2cccc(Cl)c2)COCCN(Cc2ccc(OCCN3CCCCC3)cc2)C1. The van der Waals surface area contributed by atoms with Gasteiger partial charge in [-0.05, 0) is 61.8 Å². The number of ether oxygens (including phenoxy) is 4. The first kappa shape index (κ1) is 25.3. The molecular weight excluding hydrogens is 452 g/mol. The van der Waals surface area contributed by atoms with Gasteiger partial charge in [-0.2, -0.15) is 0 Å². The van der Waals surface area contributed by atoms with Gasteiger partial charge >= 0.3 is 0 Å². The van der Waals surface area contributed by atoms with Gasteiger partial charge in [0.1, 0.15) is 30.3 Å². The third-order valence-corrected chi connectivity index (χ3v) is 6.85. The predicted molar refractivity (Wildman–Crippen MR) is 135 cm³/mol. The molecule has 0 aromatic heterocycles. The highest BCUT2D eigenvalue weighted by Gasteiger charge is 2.36. The zero-order valence-corrected chi connectivity index (χ0v) is 21.0. The smallest absolute Gasteiger partial charge is 0.137 e. The summed E-state index contributed by atoms with van der Waals surface area (Å²) in [6.07, 6.45) is 3.99. The number of hydrogen-bond donors (Lipinski definition) is 0. The van der Waals surface area contributed by atoms with E-state index < -0.39 is 5.60 Å². The first-order valence-electron chi connectivity index (χ1n) is 12.3. The van der Waals surface area contributed by atoms with Gasteiger partial charge in [-0.1, -0.05) is 36.2 Å². The summed E-state index contributed by atoms with van der Waals surface area (Å²) in [4.78, 5) is 4.86. The Balaban J connectivity index is 1.28. The highest BCUT2D eigenvalue weighted by molar-refractivity contribution is 6.30. The van der Waals surface area contributed by atoms with Crippen molar-refractivity contribution in [1.82, 2.24) is 9.80 Å². The average Bonchev–Trinajstić information content (AvgIpc) is 3.07. The molecule has 2 saturated heterocycles. The van der Waals surface area contributed by atoms with Crippen molar-refractivity contribution in [3.63, 3.8) is 0 Å². The molecule has 0 saturated carbocycles. The van der Waals surface area contributed by atoms with E-state index >= 15 is 0 Å². The van der Waals surface area contributed by atoms with E-state index in [2.05, 4.69) is 34.1 Å². The van der Waals surface area contributed by atoms with Gasteiger partial charge in [-0.25, -0.2) is 0 Å². The number of methoxy groups -OCH3 is 1. The first-order valence-corrected chi connectivity index (χ1v) is 12.7. The van der Waals surface area contributed by atoms with E-state index in [4.69, 9.17) is 30.5 Å². The molecule has 2 aromatic carbocycles. The van der Waals surface area contributed by atoms with Crippen molar-refractivity contribution in [3.8, 4) is 11.5 Å². The van der Waals surface area contributed by atoms with E-state index in [-0.39, 0.29) is 0 Å². The number of nitrogens with zero attached hydrogens (tertiary/aromatic N) is 2. The van der Waals surface area contributed by atoms with Crippen molar-refractivity contribution in [1.29, 1.82) is 0 Å². The summed E-state index contributed by atoms with van der Waals surface area (Å²) in [5.41, 5.74) is 0.696. The molecule has 2 aromatic rings. The molecule has 1 atom stereocenters. The van der Waals surface area contributed by atoms with E-state index in [1.807, 2.05) is 24.3 Å². The normalized spacial score (nSPS) is 22.3. The van der Waals surface area contributed by atoms with Crippen LogP contribution in [0.25, 0.3) is 0 Å². The van der Waals surface area contributed by atoms with E-state index in [1.165, 1.54) is 37.9 Å². The van der Waals surface area contributed by atoms with E-state index in [1.54, 1.807) is 7.11 Å². The molecule has 34 heavy (non-hydrogen) atoms. The lowest BCUT2D eigenvalue weighted by Gasteiger charge is -2.34. The zero-order chi connectivity index (χ0) is 23.6. The van der Waals surface area contributed by atoms with Gasteiger partial charge in [0, 0.05) is 38.3 Å². The van der Waals surface area contributed by atoms with Crippen molar-refractivity contribution in [2.24, 2.45) is 0 Å². The number of hydrogen-bond acceptors (Lipinski definition) is 6. The molecule has 0 amide bonds. The Bertz CT molecular complexity index is 875. The number of rotatable bonds is 10. The van der Waals surface area contributed by atoms with E-state index in [0.29, 0.717) is 24.8 Å². The van der Waals surface area contributed by atoms with Gasteiger partial charge in [0.05, 0.1) is 13.2 Å². The second kappa shape index (κ2) is 12.8. The average molecular weight is 489 g/mol. The maximum absolute atomic E-state index is 6.09. The van der Waals surface area contributed by atoms with Crippen LogP contribution in [0.2, 0.25) is 5.02 Å². The molecule has 0 radical (unpaired) electrons. The molecule has 2 fully saturated rings.